The van der Waals surface area contributed by atoms with E-state index in [1.165, 1.54) is 30.4 Å². The Hall–Kier alpha value is -1.22. The second-order valence-corrected chi connectivity index (χ2v) is 8.10. The van der Waals surface area contributed by atoms with Crippen LogP contribution in [0.4, 0.5) is 0 Å². The maximum absolute atomic E-state index is 10.2. The first-order chi connectivity index (χ1) is 11.1. The molecule has 3 nitrogen and oxygen atoms in total. The van der Waals surface area contributed by atoms with E-state index in [2.05, 4.69) is 13.0 Å². The molecule has 2 saturated carbocycles. The summed E-state index contributed by atoms with van der Waals surface area (Å²) in [5.74, 6) is 3.84. The van der Waals surface area contributed by atoms with Crippen molar-refractivity contribution in [2.24, 2.45) is 17.3 Å². The Morgan fingerprint density at radius 3 is 2.74 bits per heavy atom. The number of aliphatic hydroxyl groups excluding tert-OH is 1. The van der Waals surface area contributed by atoms with E-state index in [4.69, 9.17) is 9.47 Å². The Morgan fingerprint density at radius 1 is 1.17 bits per heavy atom. The second kappa shape index (κ2) is 5.41. The lowest BCUT2D eigenvalue weighted by Crippen LogP contribution is -2.39. The van der Waals surface area contributed by atoms with Crippen molar-refractivity contribution in [3.05, 3.63) is 23.3 Å². The minimum Gasteiger partial charge on any atom is -0.497 e. The molecule has 0 saturated heterocycles. The topological polar surface area (TPSA) is 38.7 Å². The van der Waals surface area contributed by atoms with Crippen LogP contribution in [0.3, 0.4) is 0 Å². The molecule has 3 heteroatoms. The van der Waals surface area contributed by atoms with Gasteiger partial charge in [0, 0.05) is 11.6 Å². The van der Waals surface area contributed by atoms with E-state index < -0.39 is 0 Å². The third-order valence-electron chi connectivity index (χ3n) is 6.96. The Labute approximate surface area is 139 Å². The van der Waals surface area contributed by atoms with Gasteiger partial charge in [0.2, 0.25) is 0 Å². The van der Waals surface area contributed by atoms with Gasteiger partial charge in [0.25, 0.3) is 0 Å². The van der Waals surface area contributed by atoms with E-state index in [0.717, 1.165) is 30.8 Å². The van der Waals surface area contributed by atoms with Crippen molar-refractivity contribution < 1.29 is 14.6 Å². The van der Waals surface area contributed by atoms with Gasteiger partial charge in [0.15, 0.2) is 0 Å². The van der Waals surface area contributed by atoms with E-state index >= 15 is 0 Å². The number of hydrogen-bond donors (Lipinski definition) is 1. The monoisotopic (exact) mass is 316 g/mol. The van der Waals surface area contributed by atoms with Crippen molar-refractivity contribution in [1.29, 1.82) is 0 Å². The van der Waals surface area contributed by atoms with Crippen LogP contribution in [0.15, 0.2) is 12.1 Å². The summed E-state index contributed by atoms with van der Waals surface area (Å²) in [5.41, 5.74) is 3.18. The first kappa shape index (κ1) is 15.3. The minimum absolute atomic E-state index is 0.0945. The largest absolute Gasteiger partial charge is 0.497 e. The molecule has 4 rings (SSSR count). The SMILES string of the molecule is COc1cc2c(c(OC)c1)[C@H]1CC[C@]3(C)C[C@H](O)C[C@H]3[C@@H]1CC2. The zero-order valence-electron chi connectivity index (χ0n) is 14.5. The number of fused-ring (bicyclic) bond motifs is 5. The third kappa shape index (κ3) is 2.27. The van der Waals surface area contributed by atoms with Gasteiger partial charge in [-0.15, -0.1) is 0 Å². The first-order valence-corrected chi connectivity index (χ1v) is 8.98. The highest BCUT2D eigenvalue weighted by Crippen LogP contribution is 2.62. The maximum atomic E-state index is 10.2. The average molecular weight is 316 g/mol. The predicted octanol–water partition coefficient (Wildman–Crippen LogP) is 3.92. The van der Waals surface area contributed by atoms with E-state index in [1.54, 1.807) is 14.2 Å². The van der Waals surface area contributed by atoms with Crippen LogP contribution in [-0.2, 0) is 6.42 Å². The number of methoxy groups -OCH3 is 2. The molecular formula is C20H28O3. The summed E-state index contributed by atoms with van der Waals surface area (Å²) in [6.07, 6.45) is 6.68. The highest BCUT2D eigenvalue weighted by Gasteiger charge is 2.53. The van der Waals surface area contributed by atoms with Crippen LogP contribution in [0.25, 0.3) is 0 Å². The fourth-order valence-electron chi connectivity index (χ4n) is 5.96. The molecule has 3 aliphatic rings. The van der Waals surface area contributed by atoms with Crippen molar-refractivity contribution in [2.75, 3.05) is 14.2 Å². The number of rotatable bonds is 2. The first-order valence-electron chi connectivity index (χ1n) is 8.98. The highest BCUT2D eigenvalue weighted by molar-refractivity contribution is 5.50. The molecule has 0 spiro atoms. The zero-order valence-corrected chi connectivity index (χ0v) is 14.5. The van der Waals surface area contributed by atoms with Gasteiger partial charge in [0.05, 0.1) is 20.3 Å². The maximum Gasteiger partial charge on any atom is 0.126 e. The highest BCUT2D eigenvalue weighted by atomic mass is 16.5. The molecule has 0 amide bonds. The van der Waals surface area contributed by atoms with E-state index in [-0.39, 0.29) is 6.10 Å². The van der Waals surface area contributed by atoms with Crippen molar-refractivity contribution in [3.8, 4) is 11.5 Å². The molecule has 0 unspecified atom stereocenters. The van der Waals surface area contributed by atoms with Gasteiger partial charge >= 0.3 is 0 Å². The van der Waals surface area contributed by atoms with E-state index in [1.807, 2.05) is 6.07 Å². The molecule has 1 aromatic rings. The quantitative estimate of drug-likeness (QED) is 0.899. The lowest BCUT2D eigenvalue weighted by molar-refractivity contribution is 0.0586. The number of ether oxygens (including phenoxy) is 2. The van der Waals surface area contributed by atoms with Crippen LogP contribution >= 0.6 is 0 Å². The predicted molar refractivity (Wildman–Crippen MR) is 90.2 cm³/mol. The van der Waals surface area contributed by atoms with Gasteiger partial charge in [-0.1, -0.05) is 6.92 Å². The summed E-state index contributed by atoms with van der Waals surface area (Å²) < 4.78 is 11.2. The molecule has 126 valence electrons. The molecule has 0 aliphatic heterocycles. The number of hydrogen-bond acceptors (Lipinski definition) is 3. The van der Waals surface area contributed by atoms with Crippen LogP contribution in [-0.4, -0.2) is 25.4 Å². The summed E-state index contributed by atoms with van der Waals surface area (Å²) in [4.78, 5) is 0. The van der Waals surface area contributed by atoms with Crippen molar-refractivity contribution in [3.63, 3.8) is 0 Å². The van der Waals surface area contributed by atoms with Crippen molar-refractivity contribution in [2.45, 2.75) is 57.5 Å². The van der Waals surface area contributed by atoms with Crippen molar-refractivity contribution in [1.82, 2.24) is 0 Å². The van der Waals surface area contributed by atoms with Crippen LogP contribution in [0.2, 0.25) is 0 Å². The van der Waals surface area contributed by atoms with Gasteiger partial charge in [0.1, 0.15) is 11.5 Å². The summed E-state index contributed by atoms with van der Waals surface area (Å²) in [7, 11) is 3.49. The summed E-state index contributed by atoms with van der Waals surface area (Å²) in [5, 5.41) is 10.2. The molecule has 0 radical (unpaired) electrons. The molecule has 0 aromatic heterocycles. The van der Waals surface area contributed by atoms with Gasteiger partial charge in [-0.05, 0) is 73.3 Å². The Balaban J connectivity index is 1.74. The third-order valence-corrected chi connectivity index (χ3v) is 6.96. The van der Waals surface area contributed by atoms with Crippen molar-refractivity contribution >= 4 is 0 Å². The van der Waals surface area contributed by atoms with Crippen LogP contribution < -0.4 is 9.47 Å². The smallest absolute Gasteiger partial charge is 0.126 e. The average Bonchev–Trinajstić information content (AvgIpc) is 2.87. The molecule has 2 fully saturated rings. The molecule has 0 bridgehead atoms. The zero-order chi connectivity index (χ0) is 16.2. The lowest BCUT2D eigenvalue weighted by Gasteiger charge is -2.49. The van der Waals surface area contributed by atoms with Gasteiger partial charge < -0.3 is 14.6 Å². The Morgan fingerprint density at radius 2 is 2.00 bits per heavy atom. The second-order valence-electron chi connectivity index (χ2n) is 8.10. The molecule has 5 atom stereocenters. The fourth-order valence-corrected chi connectivity index (χ4v) is 5.96. The Bertz CT molecular complexity index is 594. The van der Waals surface area contributed by atoms with Gasteiger partial charge in [-0.3, -0.25) is 0 Å². The Kier molecular flexibility index (Phi) is 3.60. The number of aliphatic hydroxyl groups is 1. The fraction of sp³-hybridized carbons (Fsp3) is 0.700. The lowest BCUT2D eigenvalue weighted by atomic mass is 9.56. The molecule has 23 heavy (non-hydrogen) atoms. The van der Waals surface area contributed by atoms with E-state index in [9.17, 15) is 5.11 Å². The van der Waals surface area contributed by atoms with Gasteiger partial charge in [-0.25, -0.2) is 0 Å². The van der Waals surface area contributed by atoms with Crippen LogP contribution in [0.5, 0.6) is 11.5 Å². The summed E-state index contributed by atoms with van der Waals surface area (Å²) in [6, 6.07) is 4.24. The summed E-state index contributed by atoms with van der Waals surface area (Å²) in [6.45, 7) is 2.41. The van der Waals surface area contributed by atoms with Crippen LogP contribution in [0.1, 0.15) is 56.1 Å². The standard InChI is InChI=1S/C20H28O3/c1-20-7-6-16-15(17(20)9-13(21)11-20)5-4-12-8-14(22-2)10-18(23-3)19(12)16/h8,10,13,15-17,21H,4-7,9,11H2,1-3H3/t13-,15-,16+,17+,20-/m1/s1. The molecule has 1 aromatic carbocycles. The minimum atomic E-state index is -0.0945. The molecular weight excluding hydrogens is 288 g/mol. The molecule has 0 heterocycles. The normalized spacial score (nSPS) is 38.4. The summed E-state index contributed by atoms with van der Waals surface area (Å²) >= 11 is 0. The number of benzene rings is 1. The van der Waals surface area contributed by atoms with Crippen LogP contribution in [0, 0.1) is 17.3 Å². The number of aryl methyl sites for hydroxylation is 1. The van der Waals surface area contributed by atoms with E-state index in [0.29, 0.717) is 23.2 Å². The molecule has 3 aliphatic carbocycles. The molecule has 1 N–H and O–H groups in total. The van der Waals surface area contributed by atoms with Gasteiger partial charge in [-0.2, -0.15) is 0 Å².